The van der Waals surface area contributed by atoms with Gasteiger partial charge in [0.05, 0.1) is 0 Å². The molecular weight excluding hydrogens is 315 g/mol. The van der Waals surface area contributed by atoms with Gasteiger partial charge in [-0.2, -0.15) is 22.0 Å². The predicted molar refractivity (Wildman–Crippen MR) is 65.8 cm³/mol. The summed E-state index contributed by atoms with van der Waals surface area (Å²) >= 11 is 0. The van der Waals surface area contributed by atoms with Gasteiger partial charge in [0.15, 0.2) is 0 Å². The highest BCUT2D eigenvalue weighted by atomic mass is 19.4. The number of piperazine rings is 1. The van der Waals surface area contributed by atoms with Crippen molar-refractivity contribution in [2.24, 2.45) is 0 Å². The summed E-state index contributed by atoms with van der Waals surface area (Å²) in [4.78, 5) is 17.9. The first-order valence-corrected chi connectivity index (χ1v) is 6.07. The number of alkyl halides is 5. The Balaban J connectivity index is 0.000000346. The second-order valence-corrected chi connectivity index (χ2v) is 4.14. The number of rotatable bonds is 2. The lowest BCUT2D eigenvalue weighted by atomic mass is 10.3. The molecule has 1 aliphatic heterocycles. The van der Waals surface area contributed by atoms with E-state index in [2.05, 4.69) is 15.3 Å². The van der Waals surface area contributed by atoms with Crippen LogP contribution in [0.25, 0.3) is 0 Å². The fourth-order valence-corrected chi connectivity index (χ4v) is 1.57. The van der Waals surface area contributed by atoms with E-state index in [-0.39, 0.29) is 0 Å². The normalized spacial score (nSPS) is 15.3. The number of aliphatic carboxylic acids is 1. The quantitative estimate of drug-likeness (QED) is 0.796. The summed E-state index contributed by atoms with van der Waals surface area (Å²) in [5.41, 5.74) is -0.893. The van der Waals surface area contributed by atoms with E-state index in [4.69, 9.17) is 9.90 Å². The molecule has 124 valence electrons. The van der Waals surface area contributed by atoms with Crippen LogP contribution >= 0.6 is 0 Å². The fourth-order valence-electron chi connectivity index (χ4n) is 1.57. The lowest BCUT2D eigenvalue weighted by Crippen LogP contribution is -2.44. The minimum atomic E-state index is -4.41. The van der Waals surface area contributed by atoms with E-state index in [9.17, 15) is 22.0 Å². The number of carbonyl (C=O) groups is 1. The molecule has 0 unspecified atom stereocenters. The van der Waals surface area contributed by atoms with E-state index < -0.39 is 24.3 Å². The van der Waals surface area contributed by atoms with E-state index >= 15 is 0 Å². The van der Waals surface area contributed by atoms with Crippen LogP contribution in [-0.2, 0) is 11.0 Å². The molecule has 0 atom stereocenters. The van der Waals surface area contributed by atoms with Crippen LogP contribution < -0.4 is 10.2 Å². The zero-order chi connectivity index (χ0) is 16.8. The molecule has 2 rings (SSSR count). The number of carboxylic acids is 1. The molecule has 0 bridgehead atoms. The topological polar surface area (TPSA) is 78.3 Å². The summed E-state index contributed by atoms with van der Waals surface area (Å²) in [5, 5.41) is 10.4. The Morgan fingerprint density at radius 1 is 1.27 bits per heavy atom. The van der Waals surface area contributed by atoms with E-state index in [1.54, 1.807) is 0 Å². The maximum absolute atomic E-state index is 12.4. The minimum absolute atomic E-state index is 0.337. The van der Waals surface area contributed by atoms with Crippen molar-refractivity contribution in [3.05, 3.63) is 18.1 Å². The summed E-state index contributed by atoms with van der Waals surface area (Å²) in [6.07, 6.45) is -6.68. The zero-order valence-corrected chi connectivity index (χ0v) is 11.1. The first-order valence-electron chi connectivity index (χ1n) is 6.07. The average Bonchev–Trinajstić information content (AvgIpc) is 2.48. The van der Waals surface area contributed by atoms with Crippen LogP contribution in [0.1, 0.15) is 5.69 Å². The number of nitrogens with zero attached hydrogens (tertiary/aromatic N) is 3. The first-order chi connectivity index (χ1) is 10.2. The number of aromatic nitrogens is 2. The van der Waals surface area contributed by atoms with Gasteiger partial charge >= 0.3 is 18.6 Å². The van der Waals surface area contributed by atoms with Crippen molar-refractivity contribution in [3.8, 4) is 0 Å². The average molecular weight is 328 g/mol. The summed E-state index contributed by atoms with van der Waals surface area (Å²) in [6.45, 7) is 2.83. The third-order valence-electron chi connectivity index (χ3n) is 2.57. The Labute approximate surface area is 122 Å². The monoisotopic (exact) mass is 328 g/mol. The molecule has 0 amide bonds. The summed E-state index contributed by atoms with van der Waals surface area (Å²) in [6, 6.07) is 0.991. The Morgan fingerprint density at radius 3 is 2.27 bits per heavy atom. The molecule has 1 fully saturated rings. The number of hydrogen-bond donors (Lipinski definition) is 2. The molecule has 11 heteroatoms. The largest absolute Gasteiger partial charge is 0.477 e. The Hall–Kier alpha value is -2.04. The van der Waals surface area contributed by atoms with Crippen LogP contribution in [0.4, 0.5) is 27.8 Å². The molecule has 2 N–H and O–H groups in total. The lowest BCUT2D eigenvalue weighted by Gasteiger charge is -2.28. The third kappa shape index (κ3) is 5.76. The second kappa shape index (κ2) is 7.82. The predicted octanol–water partition coefficient (Wildman–Crippen LogP) is 1.24. The van der Waals surface area contributed by atoms with Crippen molar-refractivity contribution in [2.75, 3.05) is 31.1 Å². The highest BCUT2D eigenvalue weighted by Gasteiger charge is 2.33. The van der Waals surface area contributed by atoms with E-state index in [0.29, 0.717) is 18.9 Å². The number of halogens is 5. The van der Waals surface area contributed by atoms with Gasteiger partial charge in [0.1, 0.15) is 17.8 Å². The van der Waals surface area contributed by atoms with Gasteiger partial charge in [-0.05, 0) is 0 Å². The van der Waals surface area contributed by atoms with Gasteiger partial charge in [-0.3, -0.25) is 0 Å². The van der Waals surface area contributed by atoms with Crippen molar-refractivity contribution in [3.63, 3.8) is 0 Å². The van der Waals surface area contributed by atoms with Crippen molar-refractivity contribution in [2.45, 2.75) is 12.6 Å². The van der Waals surface area contributed by atoms with Crippen molar-refractivity contribution < 1.29 is 31.9 Å². The highest BCUT2D eigenvalue weighted by molar-refractivity contribution is 5.70. The molecule has 22 heavy (non-hydrogen) atoms. The molecular formula is C11H13F5N4O2. The van der Waals surface area contributed by atoms with Crippen LogP contribution in [0.5, 0.6) is 0 Å². The van der Waals surface area contributed by atoms with Gasteiger partial charge in [0.2, 0.25) is 0 Å². The molecule has 1 aromatic rings. The van der Waals surface area contributed by atoms with Crippen molar-refractivity contribution in [1.29, 1.82) is 0 Å². The number of hydrogen-bond acceptors (Lipinski definition) is 5. The fraction of sp³-hybridized carbons (Fsp3) is 0.545. The van der Waals surface area contributed by atoms with Gasteiger partial charge in [-0.1, -0.05) is 0 Å². The van der Waals surface area contributed by atoms with E-state index in [0.717, 1.165) is 25.5 Å². The van der Waals surface area contributed by atoms with Crippen LogP contribution in [-0.4, -0.2) is 53.6 Å². The van der Waals surface area contributed by atoms with Gasteiger partial charge in [-0.15, -0.1) is 0 Å². The molecule has 0 radical (unpaired) electrons. The zero-order valence-electron chi connectivity index (χ0n) is 11.1. The maximum atomic E-state index is 12.4. The van der Waals surface area contributed by atoms with Gasteiger partial charge in [0.25, 0.3) is 0 Å². The molecule has 0 spiro atoms. The summed E-state index contributed by atoms with van der Waals surface area (Å²) < 4.78 is 58.4. The Kier molecular flexibility index (Phi) is 6.40. The number of anilines is 1. The molecule has 0 aliphatic carbocycles. The minimum Gasteiger partial charge on any atom is -0.477 e. The highest BCUT2D eigenvalue weighted by Crippen LogP contribution is 2.28. The van der Waals surface area contributed by atoms with Crippen molar-refractivity contribution >= 4 is 11.8 Å². The smallest absolute Gasteiger partial charge is 0.433 e. The first kappa shape index (κ1) is 18.0. The van der Waals surface area contributed by atoms with Gasteiger partial charge in [-0.25, -0.2) is 14.8 Å². The molecule has 2 heterocycles. The van der Waals surface area contributed by atoms with E-state index in [1.807, 2.05) is 4.90 Å². The van der Waals surface area contributed by atoms with Crippen LogP contribution in [0, 0.1) is 0 Å². The van der Waals surface area contributed by atoms with E-state index in [1.165, 1.54) is 0 Å². The van der Waals surface area contributed by atoms with Crippen LogP contribution in [0.2, 0.25) is 0 Å². The molecule has 1 aliphatic rings. The molecule has 0 aromatic carbocycles. The molecule has 1 saturated heterocycles. The van der Waals surface area contributed by atoms with Crippen LogP contribution in [0.3, 0.4) is 0 Å². The number of nitrogens with one attached hydrogen (secondary N) is 1. The van der Waals surface area contributed by atoms with Gasteiger partial charge < -0.3 is 15.3 Å². The van der Waals surface area contributed by atoms with Gasteiger partial charge in [0, 0.05) is 32.2 Å². The Morgan fingerprint density at radius 2 is 1.82 bits per heavy atom. The molecule has 0 saturated carbocycles. The molecule has 6 nitrogen and oxygen atoms in total. The Bertz CT molecular complexity index is 492. The second-order valence-electron chi connectivity index (χ2n) is 4.14. The van der Waals surface area contributed by atoms with Crippen LogP contribution in [0.15, 0.2) is 12.4 Å². The number of carboxylic acid groups (broad SMARTS) is 1. The third-order valence-corrected chi connectivity index (χ3v) is 2.57. The van der Waals surface area contributed by atoms with Crippen molar-refractivity contribution in [1.82, 2.24) is 15.3 Å². The standard InChI is InChI=1S/C9H11F3N4.C2H2F2O2/c10-9(11,12)7-5-8(15-6-14-7)16-3-1-13-2-4-16;3-1(4)2(5)6/h5-6,13H,1-4H2;1H,(H,5,6). The lowest BCUT2D eigenvalue weighted by molar-refractivity contribution is -0.149. The maximum Gasteiger partial charge on any atom is 0.433 e. The molecule has 1 aromatic heterocycles. The summed E-state index contributed by atoms with van der Waals surface area (Å²) in [5.74, 6) is -1.74. The SMILES string of the molecule is FC(F)(F)c1cc(N2CCNCC2)ncn1.O=C(O)C(F)F. The summed E-state index contributed by atoms with van der Waals surface area (Å²) in [7, 11) is 0.